The zero-order valence-corrected chi connectivity index (χ0v) is 34.7. The first-order chi connectivity index (χ1) is 28.5. The van der Waals surface area contributed by atoms with Gasteiger partial charge in [0.25, 0.3) is 0 Å². The normalized spacial score (nSPS) is 13.5. The van der Waals surface area contributed by atoms with E-state index in [0.717, 1.165) is 71.5 Å². The molecule has 15 heteroatoms. The van der Waals surface area contributed by atoms with Crippen LogP contribution in [-0.4, -0.2) is 85.1 Å². The van der Waals surface area contributed by atoms with E-state index >= 15 is 0 Å². The number of thiophene rings is 1. The van der Waals surface area contributed by atoms with Crippen LogP contribution in [0.15, 0.2) is 115 Å². The first kappa shape index (κ1) is 40.3. The third kappa shape index (κ3) is 8.24. The molecule has 1 saturated heterocycles. The molecule has 302 valence electrons. The van der Waals surface area contributed by atoms with Crippen LogP contribution in [0, 0.1) is 11.6 Å². The van der Waals surface area contributed by atoms with Gasteiger partial charge in [0.2, 0.25) is 10.0 Å². The predicted octanol–water partition coefficient (Wildman–Crippen LogP) is 9.88. The standard InChI is InChI=1S/C23H22FN3O2S.C21H17ClFN3O2S/c1-28-22-17(3-2-4-20(22)24)19-13-26-23-18(19)11-15(12-25-23)21-6-5-16(30-21)14-27-7-9-29-10-8-27;1-26(2)29(27,28)15-6-3-5-13(9-15)14-10-17-18(12-25-21(17)24-11-14)16-7-4-8-19(23)20(16)22/h2-6,11-13H,7-10,14H2,1H3,(H,25,26);3-12H,1-2H3,(H,24,25). The number of benzene rings is 3. The van der Waals surface area contributed by atoms with Crippen molar-refractivity contribution in [1.82, 2.24) is 29.1 Å². The van der Waals surface area contributed by atoms with Crippen LogP contribution in [0.1, 0.15) is 4.88 Å². The van der Waals surface area contributed by atoms with Gasteiger partial charge in [-0.15, -0.1) is 11.3 Å². The number of halogens is 3. The maximum absolute atomic E-state index is 14.2. The molecule has 5 aromatic heterocycles. The van der Waals surface area contributed by atoms with Crippen molar-refractivity contribution in [3.8, 4) is 49.6 Å². The van der Waals surface area contributed by atoms with Gasteiger partial charge < -0.3 is 19.4 Å². The number of para-hydroxylation sites is 1. The van der Waals surface area contributed by atoms with Crippen LogP contribution in [0.4, 0.5) is 8.78 Å². The highest BCUT2D eigenvalue weighted by molar-refractivity contribution is 7.89. The number of rotatable bonds is 9. The van der Waals surface area contributed by atoms with E-state index in [-0.39, 0.29) is 21.5 Å². The van der Waals surface area contributed by atoms with Crippen molar-refractivity contribution in [1.29, 1.82) is 0 Å². The minimum Gasteiger partial charge on any atom is -0.493 e. The lowest BCUT2D eigenvalue weighted by atomic mass is 10.0. The van der Waals surface area contributed by atoms with Crippen LogP contribution in [0.25, 0.3) is 65.9 Å². The Morgan fingerprint density at radius 1 is 0.797 bits per heavy atom. The number of aromatic nitrogens is 4. The molecule has 0 radical (unpaired) electrons. The van der Waals surface area contributed by atoms with Crippen molar-refractivity contribution in [3.05, 3.63) is 131 Å². The number of ether oxygens (including phenoxy) is 2. The van der Waals surface area contributed by atoms with Gasteiger partial charge in [0.15, 0.2) is 11.6 Å². The van der Waals surface area contributed by atoms with Crippen molar-refractivity contribution in [3.63, 3.8) is 0 Å². The fourth-order valence-corrected chi connectivity index (χ4v) is 9.24. The molecule has 1 fully saturated rings. The molecule has 6 heterocycles. The molecule has 10 nitrogen and oxygen atoms in total. The van der Waals surface area contributed by atoms with Gasteiger partial charge in [-0.3, -0.25) is 4.90 Å². The first-order valence-electron chi connectivity index (χ1n) is 18.7. The van der Waals surface area contributed by atoms with Gasteiger partial charge in [0.05, 0.1) is 30.2 Å². The average molecular weight is 853 g/mol. The van der Waals surface area contributed by atoms with Gasteiger partial charge in [-0.25, -0.2) is 31.5 Å². The molecule has 0 aliphatic carbocycles. The van der Waals surface area contributed by atoms with Crippen LogP contribution in [0.5, 0.6) is 5.75 Å². The second kappa shape index (κ2) is 17.0. The Hall–Kier alpha value is -5.48. The summed E-state index contributed by atoms with van der Waals surface area (Å²) >= 11 is 7.95. The quantitative estimate of drug-likeness (QED) is 0.149. The largest absolute Gasteiger partial charge is 0.493 e. The van der Waals surface area contributed by atoms with Gasteiger partial charge in [-0.05, 0) is 54.1 Å². The van der Waals surface area contributed by atoms with E-state index in [1.165, 1.54) is 47.4 Å². The minimum atomic E-state index is -3.55. The number of sulfonamides is 1. The van der Waals surface area contributed by atoms with Gasteiger partial charge in [0.1, 0.15) is 17.1 Å². The second-order valence-electron chi connectivity index (χ2n) is 14.0. The van der Waals surface area contributed by atoms with Crippen molar-refractivity contribution in [2.45, 2.75) is 11.4 Å². The van der Waals surface area contributed by atoms with E-state index in [9.17, 15) is 17.2 Å². The lowest BCUT2D eigenvalue weighted by molar-refractivity contribution is 0.0346. The van der Waals surface area contributed by atoms with Crippen molar-refractivity contribution < 1.29 is 26.7 Å². The summed E-state index contributed by atoms with van der Waals surface area (Å²) in [6, 6.07) is 24.6. The molecule has 0 bridgehead atoms. The molecule has 8 aromatic rings. The number of H-pyrrole nitrogens is 2. The molecule has 0 saturated carbocycles. The van der Waals surface area contributed by atoms with Gasteiger partial charge in [0, 0.05) is 112 Å². The molecule has 0 unspecified atom stereocenters. The Bertz CT molecular complexity index is 2910. The average Bonchev–Trinajstić information content (AvgIpc) is 4.01. The molecule has 59 heavy (non-hydrogen) atoms. The Balaban J connectivity index is 0.000000164. The number of fused-ring (bicyclic) bond motifs is 2. The number of hydrogen-bond acceptors (Lipinski definition) is 8. The number of morpholine rings is 1. The highest BCUT2D eigenvalue weighted by Crippen LogP contribution is 2.39. The first-order valence-corrected chi connectivity index (χ1v) is 21.3. The topological polar surface area (TPSA) is 116 Å². The van der Waals surface area contributed by atoms with E-state index in [4.69, 9.17) is 21.1 Å². The fraction of sp³-hybridized carbons (Fsp3) is 0.182. The van der Waals surface area contributed by atoms with Crippen LogP contribution in [-0.2, 0) is 21.3 Å². The highest BCUT2D eigenvalue weighted by atomic mass is 35.5. The van der Waals surface area contributed by atoms with Gasteiger partial charge in [-0.1, -0.05) is 48.0 Å². The number of nitrogens with zero attached hydrogens (tertiary/aromatic N) is 4. The molecule has 9 rings (SSSR count). The minimum absolute atomic E-state index is 0.0397. The van der Waals surface area contributed by atoms with Crippen LogP contribution < -0.4 is 4.74 Å². The molecule has 0 spiro atoms. The summed E-state index contributed by atoms with van der Waals surface area (Å²) in [6.07, 6.45) is 7.14. The summed E-state index contributed by atoms with van der Waals surface area (Å²) in [7, 11) is 0.916. The Morgan fingerprint density at radius 2 is 1.42 bits per heavy atom. The summed E-state index contributed by atoms with van der Waals surface area (Å²) in [5.41, 5.74) is 6.75. The molecular weight excluding hydrogens is 814 g/mol. The summed E-state index contributed by atoms with van der Waals surface area (Å²) in [6.45, 7) is 4.50. The number of methoxy groups -OCH3 is 1. The third-order valence-electron chi connectivity index (χ3n) is 10.1. The summed E-state index contributed by atoms with van der Waals surface area (Å²) < 4.78 is 65.0. The number of aromatic amines is 2. The highest BCUT2D eigenvalue weighted by Gasteiger charge is 2.20. The van der Waals surface area contributed by atoms with E-state index in [2.05, 4.69) is 43.0 Å². The molecule has 0 atom stereocenters. The molecule has 0 amide bonds. The van der Waals surface area contributed by atoms with Crippen molar-refractivity contribution in [2.24, 2.45) is 0 Å². The Morgan fingerprint density at radius 3 is 2.12 bits per heavy atom. The van der Waals surface area contributed by atoms with E-state index < -0.39 is 15.8 Å². The lowest BCUT2D eigenvalue weighted by Gasteiger charge is -2.25. The third-order valence-corrected chi connectivity index (χ3v) is 13.5. The van der Waals surface area contributed by atoms with Crippen LogP contribution in [0.2, 0.25) is 5.02 Å². The van der Waals surface area contributed by atoms with Crippen molar-refractivity contribution >= 4 is 55.0 Å². The second-order valence-corrected chi connectivity index (χ2v) is 17.7. The Labute approximate surface area is 349 Å². The zero-order valence-electron chi connectivity index (χ0n) is 32.3. The molecule has 3 aromatic carbocycles. The molecule has 2 N–H and O–H groups in total. The predicted molar refractivity (Wildman–Crippen MR) is 230 cm³/mol. The van der Waals surface area contributed by atoms with E-state index in [1.54, 1.807) is 60.1 Å². The number of nitrogens with one attached hydrogen (secondary N) is 2. The molecule has 1 aliphatic rings. The SMILES string of the molecule is CN(C)S(=O)(=O)c1cccc(-c2cnc3[nH]cc(-c4cccc(F)c4Cl)c3c2)c1.COc1c(F)cccc1-c1c[nH]c2ncc(-c3ccc(CN4CCOCC4)s3)cc12. The fourth-order valence-electron chi connectivity index (χ4n) is 7.03. The summed E-state index contributed by atoms with van der Waals surface area (Å²) in [4.78, 5) is 20.4. The maximum Gasteiger partial charge on any atom is 0.242 e. The zero-order chi connectivity index (χ0) is 41.3. The Kier molecular flexibility index (Phi) is 11.6. The summed E-state index contributed by atoms with van der Waals surface area (Å²) in [5, 5.41) is 1.74. The summed E-state index contributed by atoms with van der Waals surface area (Å²) in [5.74, 6) is -0.628. The van der Waals surface area contributed by atoms with E-state index in [0.29, 0.717) is 22.3 Å². The number of pyridine rings is 2. The van der Waals surface area contributed by atoms with Crippen molar-refractivity contribution in [2.75, 3.05) is 47.5 Å². The van der Waals surface area contributed by atoms with Gasteiger partial charge >= 0.3 is 0 Å². The molecular formula is C44H39ClF2N6O4S2. The number of hydrogen-bond donors (Lipinski definition) is 2. The van der Waals surface area contributed by atoms with E-state index in [1.807, 2.05) is 30.6 Å². The van der Waals surface area contributed by atoms with Crippen LogP contribution >= 0.6 is 22.9 Å². The smallest absolute Gasteiger partial charge is 0.242 e. The maximum atomic E-state index is 14.2. The monoisotopic (exact) mass is 852 g/mol. The molecule has 1 aliphatic heterocycles. The van der Waals surface area contributed by atoms with Gasteiger partial charge in [-0.2, -0.15) is 0 Å². The lowest BCUT2D eigenvalue weighted by Crippen LogP contribution is -2.35. The van der Waals surface area contributed by atoms with Crippen LogP contribution in [0.3, 0.4) is 0 Å².